The third kappa shape index (κ3) is 5.75. The van der Waals surface area contributed by atoms with Crippen LogP contribution in [0.25, 0.3) is 99.4 Å². The fourth-order valence-corrected chi connectivity index (χ4v) is 12.5. The molecule has 5 heterocycles. The largest absolute Gasteiger partial charge is 0.375 e. The second kappa shape index (κ2) is 14.0. The summed E-state index contributed by atoms with van der Waals surface area (Å²) in [7, 11) is 0. The first kappa shape index (κ1) is 42.1. The van der Waals surface area contributed by atoms with Gasteiger partial charge in [0, 0.05) is 55.0 Å². The van der Waals surface area contributed by atoms with Crippen LogP contribution in [0.15, 0.2) is 146 Å². The molecule has 0 N–H and O–H groups in total. The molecule has 2 aliphatic heterocycles. The van der Waals surface area contributed by atoms with E-state index in [2.05, 4.69) is 242 Å². The normalized spacial score (nSPS) is 13.5. The predicted octanol–water partition coefficient (Wildman–Crippen LogP) is 15.9. The Morgan fingerprint density at radius 1 is 0.420 bits per heavy atom. The van der Waals surface area contributed by atoms with E-state index < -0.39 is 0 Å². The first-order chi connectivity index (χ1) is 32.9. The number of aromatic nitrogens is 3. The summed E-state index contributed by atoms with van der Waals surface area (Å²) in [4.78, 5) is 0. The van der Waals surface area contributed by atoms with Gasteiger partial charge in [0.25, 0.3) is 0 Å². The highest BCUT2D eigenvalue weighted by molar-refractivity contribution is 6.90. The lowest BCUT2D eigenvalue weighted by Gasteiger charge is -2.37. The minimum absolute atomic E-state index is 0.00186. The second-order valence-electron chi connectivity index (χ2n) is 23.5. The van der Waals surface area contributed by atoms with Gasteiger partial charge in [-0.1, -0.05) is 172 Å². The van der Waals surface area contributed by atoms with Crippen LogP contribution in [-0.2, 0) is 16.2 Å². The molecule has 8 aromatic carbocycles. The average Bonchev–Trinajstić information content (AvgIpc) is 3.95. The van der Waals surface area contributed by atoms with E-state index in [1.165, 1.54) is 144 Å². The van der Waals surface area contributed by atoms with Gasteiger partial charge in [-0.05, 0) is 134 Å². The van der Waals surface area contributed by atoms with Gasteiger partial charge in [-0.25, -0.2) is 0 Å². The summed E-state index contributed by atoms with van der Waals surface area (Å²) in [6, 6.07) is 56.6. The summed E-state index contributed by atoms with van der Waals surface area (Å²) in [6.07, 6.45) is 0. The Morgan fingerprint density at radius 3 is 1.74 bits per heavy atom. The van der Waals surface area contributed by atoms with Crippen molar-refractivity contribution in [2.24, 2.45) is 0 Å². The Hall–Kier alpha value is -7.04. The van der Waals surface area contributed by atoms with E-state index in [4.69, 9.17) is 0 Å². The monoisotopic (exact) mass is 893 g/mol. The van der Waals surface area contributed by atoms with Gasteiger partial charge in [0.2, 0.25) is 0 Å². The Balaban J connectivity index is 1.35. The number of rotatable bonds is 3. The Bertz CT molecular complexity index is 4010. The van der Waals surface area contributed by atoms with E-state index >= 15 is 0 Å². The molecule has 4 heteroatoms. The van der Waals surface area contributed by atoms with Crippen LogP contribution in [0, 0.1) is 20.8 Å². The van der Waals surface area contributed by atoms with Gasteiger partial charge in [0.1, 0.15) is 0 Å². The topological polar surface area (TPSA) is 14.8 Å². The minimum atomic E-state index is -0.119. The van der Waals surface area contributed by atoms with Crippen molar-refractivity contribution in [3.05, 3.63) is 179 Å². The van der Waals surface area contributed by atoms with Crippen molar-refractivity contribution in [2.45, 2.75) is 99.3 Å². The van der Waals surface area contributed by atoms with Crippen LogP contribution in [0.2, 0.25) is 0 Å². The van der Waals surface area contributed by atoms with Crippen LogP contribution >= 0.6 is 0 Å². The SMILES string of the molecule is Cc1ccccc1-c1c(-c2ccccc2)n2c3c(cc4c5ccccc5n(-c5c(C)cccc5C)c4c13)-c1cc(C(C)(C)C)cc3c1B2c1cc(C(C)(C)C)cc2c4cc(C(C)(C)C)ccc4n-3c12. The number of fused-ring (bicyclic) bond motifs is 11. The summed E-state index contributed by atoms with van der Waals surface area (Å²) in [5.41, 5.74) is 27.1. The van der Waals surface area contributed by atoms with E-state index in [1.807, 2.05) is 0 Å². The van der Waals surface area contributed by atoms with E-state index in [-0.39, 0.29) is 23.1 Å². The number of para-hydroxylation sites is 2. The Kier molecular flexibility index (Phi) is 8.56. The fourth-order valence-electron chi connectivity index (χ4n) is 12.5. The van der Waals surface area contributed by atoms with Gasteiger partial charge in [0.05, 0.1) is 27.8 Å². The number of aryl methyl sites for hydroxylation is 3. The van der Waals surface area contributed by atoms with Crippen molar-refractivity contribution in [1.29, 1.82) is 0 Å². The van der Waals surface area contributed by atoms with Crippen molar-refractivity contribution in [3.63, 3.8) is 0 Å². The molecule has 0 atom stereocenters. The first-order valence-electron chi connectivity index (χ1n) is 25.1. The molecule has 13 rings (SSSR count). The summed E-state index contributed by atoms with van der Waals surface area (Å²) in [5, 5.41) is 6.54. The standard InChI is InChI=1S/C65H60BN3/c1-37-21-16-17-26-44(37)55-56-61-49(45-27-18-19-28-52(45)68(61)58-38(2)22-20-23-39(58)3)36-50-47-32-43(65(10,11)12)35-54-57(47)66(69(62(50)56)59(55)40-24-14-13-15-25-40)51-34-42(64(7,8)9)33-48-46-31-41(63(4,5)6)29-30-53(46)67(54)60(48)51/h13-36H,1-12H3. The van der Waals surface area contributed by atoms with Crippen LogP contribution in [-0.4, -0.2) is 20.5 Å². The first-order valence-corrected chi connectivity index (χ1v) is 25.1. The molecule has 0 bridgehead atoms. The molecule has 69 heavy (non-hydrogen) atoms. The lowest BCUT2D eigenvalue weighted by molar-refractivity contribution is 0.590. The summed E-state index contributed by atoms with van der Waals surface area (Å²) in [6.45, 7) is 28.1. The number of hydrogen-bond donors (Lipinski definition) is 0. The lowest BCUT2D eigenvalue weighted by atomic mass is 9.45. The molecule has 0 aliphatic carbocycles. The maximum Gasteiger partial charge on any atom is 0.333 e. The predicted molar refractivity (Wildman–Crippen MR) is 298 cm³/mol. The lowest BCUT2D eigenvalue weighted by Crippen LogP contribution is -2.56. The number of hydrogen-bond acceptors (Lipinski definition) is 0. The van der Waals surface area contributed by atoms with Crippen LogP contribution in [0.4, 0.5) is 0 Å². The molecular formula is C65H60BN3. The van der Waals surface area contributed by atoms with E-state index in [1.54, 1.807) is 0 Å². The summed E-state index contributed by atoms with van der Waals surface area (Å²) >= 11 is 0. The molecule has 2 aliphatic rings. The van der Waals surface area contributed by atoms with Gasteiger partial charge in [0.15, 0.2) is 0 Å². The zero-order chi connectivity index (χ0) is 47.8. The van der Waals surface area contributed by atoms with Crippen LogP contribution in [0.3, 0.4) is 0 Å². The fraction of sp³-hybridized carbons (Fsp3) is 0.231. The third-order valence-electron chi connectivity index (χ3n) is 16.0. The molecule has 0 unspecified atom stereocenters. The average molecular weight is 894 g/mol. The third-order valence-corrected chi connectivity index (χ3v) is 16.0. The van der Waals surface area contributed by atoms with Gasteiger partial charge in [-0.15, -0.1) is 0 Å². The highest BCUT2D eigenvalue weighted by Crippen LogP contribution is 2.54. The molecule has 0 spiro atoms. The zero-order valence-corrected chi connectivity index (χ0v) is 42.3. The summed E-state index contributed by atoms with van der Waals surface area (Å²) < 4.78 is 8.14. The molecular weight excluding hydrogens is 834 g/mol. The minimum Gasteiger partial charge on any atom is -0.375 e. The highest BCUT2D eigenvalue weighted by Gasteiger charge is 2.45. The van der Waals surface area contributed by atoms with Crippen molar-refractivity contribution >= 4 is 72.3 Å². The number of benzene rings is 8. The zero-order valence-electron chi connectivity index (χ0n) is 42.3. The van der Waals surface area contributed by atoms with Crippen LogP contribution in [0.5, 0.6) is 0 Å². The van der Waals surface area contributed by atoms with Crippen LogP contribution < -0.4 is 10.9 Å². The van der Waals surface area contributed by atoms with Crippen LogP contribution in [0.1, 0.15) is 95.7 Å². The molecule has 0 amide bonds. The Morgan fingerprint density at radius 2 is 1.03 bits per heavy atom. The molecule has 0 radical (unpaired) electrons. The van der Waals surface area contributed by atoms with E-state index in [0.717, 1.165) is 0 Å². The smallest absolute Gasteiger partial charge is 0.333 e. The van der Waals surface area contributed by atoms with E-state index in [9.17, 15) is 0 Å². The Labute approximate surface area is 407 Å². The van der Waals surface area contributed by atoms with Crippen molar-refractivity contribution in [3.8, 4) is 44.9 Å². The van der Waals surface area contributed by atoms with Crippen molar-refractivity contribution in [2.75, 3.05) is 0 Å². The van der Waals surface area contributed by atoms with Crippen molar-refractivity contribution in [1.82, 2.24) is 13.6 Å². The molecule has 3 nitrogen and oxygen atoms in total. The quantitative estimate of drug-likeness (QED) is 0.157. The summed E-state index contributed by atoms with van der Waals surface area (Å²) in [5.74, 6) is 0. The van der Waals surface area contributed by atoms with Gasteiger partial charge < -0.3 is 13.6 Å². The van der Waals surface area contributed by atoms with E-state index in [0.29, 0.717) is 0 Å². The van der Waals surface area contributed by atoms with Crippen molar-refractivity contribution < 1.29 is 0 Å². The second-order valence-corrected chi connectivity index (χ2v) is 23.5. The molecule has 0 saturated carbocycles. The van der Waals surface area contributed by atoms with Gasteiger partial charge in [-0.2, -0.15) is 0 Å². The van der Waals surface area contributed by atoms with Gasteiger partial charge >= 0.3 is 6.85 Å². The molecule has 0 saturated heterocycles. The molecule has 0 fully saturated rings. The molecule has 3 aromatic heterocycles. The van der Waals surface area contributed by atoms with Gasteiger partial charge in [-0.3, -0.25) is 0 Å². The number of nitrogens with zero attached hydrogens (tertiary/aromatic N) is 3. The molecule has 11 aromatic rings. The molecule has 338 valence electrons. The maximum absolute atomic E-state index is 2.83. The highest BCUT2D eigenvalue weighted by atomic mass is 15.0. The maximum atomic E-state index is 2.83.